The second kappa shape index (κ2) is 13.4. The van der Waals surface area contributed by atoms with Gasteiger partial charge in [-0.15, -0.1) is 0 Å². The minimum absolute atomic E-state index is 0.0361. The lowest BCUT2D eigenvalue weighted by Crippen LogP contribution is -2.52. The number of amides is 2. The van der Waals surface area contributed by atoms with E-state index in [1.54, 1.807) is 43.1 Å². The van der Waals surface area contributed by atoms with Gasteiger partial charge in [-0.05, 0) is 36.8 Å². The Morgan fingerprint density at radius 1 is 1.13 bits per heavy atom. The first-order valence-electron chi connectivity index (χ1n) is 13.6. The number of alkyl halides is 3. The molecule has 2 heterocycles. The maximum absolute atomic E-state index is 14.5. The molecule has 0 aliphatic carbocycles. The molecule has 0 saturated carbocycles. The molecule has 3 aromatic rings. The van der Waals surface area contributed by atoms with Crippen LogP contribution in [-0.4, -0.2) is 73.8 Å². The molecule has 0 fully saturated rings. The van der Waals surface area contributed by atoms with Gasteiger partial charge in [-0.2, -0.15) is 13.2 Å². The summed E-state index contributed by atoms with van der Waals surface area (Å²) in [5.74, 6) is -0.644. The van der Waals surface area contributed by atoms with E-state index in [0.717, 1.165) is 11.6 Å². The van der Waals surface area contributed by atoms with Crippen molar-refractivity contribution in [1.82, 2.24) is 15.6 Å². The smallest absolute Gasteiger partial charge is 0.424 e. The van der Waals surface area contributed by atoms with Crippen LogP contribution in [0, 0.1) is 0 Å². The number of likely N-dealkylation sites (N-methyl/N-ethyl adjacent to an activating group) is 1. The maximum atomic E-state index is 14.5. The largest absolute Gasteiger partial charge is 0.493 e. The minimum Gasteiger partial charge on any atom is -0.493 e. The molecule has 0 spiro atoms. The molecule has 45 heavy (non-hydrogen) atoms. The summed E-state index contributed by atoms with van der Waals surface area (Å²) in [5.41, 5.74) is -4.77. The molecule has 1 aliphatic rings. The topological polar surface area (TPSA) is 142 Å². The van der Waals surface area contributed by atoms with Crippen LogP contribution in [0.3, 0.4) is 0 Å². The number of fused-ring (bicyclic) bond motifs is 1. The predicted octanol–water partition coefficient (Wildman–Crippen LogP) is 3.89. The fourth-order valence-electron chi connectivity index (χ4n) is 4.96. The van der Waals surface area contributed by atoms with Gasteiger partial charge in [0.25, 0.3) is 5.91 Å². The molecule has 2 amide bonds. The van der Waals surface area contributed by atoms with Gasteiger partial charge in [0, 0.05) is 24.7 Å². The Morgan fingerprint density at radius 3 is 2.49 bits per heavy atom. The monoisotopic (exact) mass is 652 g/mol. The molecule has 4 N–H and O–H groups in total. The molecule has 0 bridgehead atoms. The van der Waals surface area contributed by atoms with Crippen molar-refractivity contribution < 1.29 is 47.2 Å². The zero-order chi connectivity index (χ0) is 33.0. The van der Waals surface area contributed by atoms with E-state index in [1.165, 1.54) is 25.3 Å². The van der Waals surface area contributed by atoms with Gasteiger partial charge in [0.1, 0.15) is 13.2 Å². The number of rotatable bonds is 11. The second-order valence-electron chi connectivity index (χ2n) is 10.5. The van der Waals surface area contributed by atoms with E-state index in [4.69, 9.17) is 30.9 Å². The molecule has 1 aromatic heterocycles. The van der Waals surface area contributed by atoms with E-state index in [1.807, 2.05) is 6.07 Å². The van der Waals surface area contributed by atoms with Crippen molar-refractivity contribution in [3.05, 3.63) is 82.1 Å². The van der Waals surface area contributed by atoms with Crippen LogP contribution >= 0.6 is 11.6 Å². The molecule has 0 saturated heterocycles. The number of methoxy groups -OCH3 is 1. The average Bonchev–Trinajstić information content (AvgIpc) is 3.26. The van der Waals surface area contributed by atoms with Gasteiger partial charge in [0.2, 0.25) is 5.60 Å². The number of aliphatic hydroxyl groups is 2. The number of anilines is 1. The third kappa shape index (κ3) is 7.18. The summed E-state index contributed by atoms with van der Waals surface area (Å²) in [6.07, 6.45) is -6.13. The molecule has 4 rings (SSSR count). The third-order valence-electron chi connectivity index (χ3n) is 7.24. The lowest BCUT2D eigenvalue weighted by molar-refractivity contribution is -0.265. The quantitative estimate of drug-likeness (QED) is 0.227. The van der Waals surface area contributed by atoms with E-state index in [0.29, 0.717) is 0 Å². The zero-order valence-corrected chi connectivity index (χ0v) is 25.3. The summed E-state index contributed by atoms with van der Waals surface area (Å²) >= 11 is 6.37. The number of nitrogens with one attached hydrogen (secondary N) is 2. The van der Waals surface area contributed by atoms with Crippen molar-refractivity contribution in [2.45, 2.75) is 30.8 Å². The molecular weight excluding hydrogens is 621 g/mol. The summed E-state index contributed by atoms with van der Waals surface area (Å²) in [4.78, 5) is 31.1. The van der Waals surface area contributed by atoms with Gasteiger partial charge in [-0.1, -0.05) is 41.9 Å². The Bertz CT molecular complexity index is 1550. The molecule has 15 heteroatoms. The summed E-state index contributed by atoms with van der Waals surface area (Å²) in [6, 6.07) is 13.8. The lowest BCUT2D eigenvalue weighted by Gasteiger charge is -2.32. The number of pyridine rings is 1. The first-order chi connectivity index (χ1) is 21.2. The molecule has 11 nitrogen and oxygen atoms in total. The Labute approximate surface area is 261 Å². The van der Waals surface area contributed by atoms with Gasteiger partial charge in [0.05, 0.1) is 37.2 Å². The number of benzene rings is 2. The average molecular weight is 653 g/mol. The van der Waals surface area contributed by atoms with Gasteiger partial charge in [-0.3, -0.25) is 4.79 Å². The molecule has 1 aliphatic heterocycles. The van der Waals surface area contributed by atoms with Gasteiger partial charge in [-0.25, -0.2) is 9.78 Å². The van der Waals surface area contributed by atoms with Crippen LogP contribution in [0.5, 0.6) is 11.5 Å². The van der Waals surface area contributed by atoms with Gasteiger partial charge >= 0.3 is 12.3 Å². The number of nitrogens with zero attached hydrogens (tertiary/aromatic N) is 2. The Kier molecular flexibility index (Phi) is 10.00. The number of carbonyl (C=O) groups is 2. The van der Waals surface area contributed by atoms with Crippen LogP contribution in [0.2, 0.25) is 5.15 Å². The molecule has 0 radical (unpaired) electrons. The third-order valence-corrected chi connectivity index (χ3v) is 7.51. The second-order valence-corrected chi connectivity index (χ2v) is 10.9. The normalized spacial score (nSPS) is 17.2. The Balaban J connectivity index is 1.59. The van der Waals surface area contributed by atoms with E-state index in [9.17, 15) is 27.9 Å². The number of carbonyl (C=O) groups excluding carboxylic acids is 2. The number of aromatic nitrogens is 1. The lowest BCUT2D eigenvalue weighted by atomic mass is 9.90. The van der Waals surface area contributed by atoms with Crippen molar-refractivity contribution >= 4 is 29.3 Å². The van der Waals surface area contributed by atoms with E-state index in [-0.39, 0.29) is 59.8 Å². The van der Waals surface area contributed by atoms with E-state index < -0.39 is 41.6 Å². The van der Waals surface area contributed by atoms with Crippen LogP contribution in [0.1, 0.15) is 34.1 Å². The van der Waals surface area contributed by atoms with E-state index >= 15 is 0 Å². The molecular formula is C30H32ClF3N4O7. The van der Waals surface area contributed by atoms with Gasteiger partial charge < -0.3 is 40.0 Å². The highest BCUT2D eigenvalue weighted by Gasteiger charge is 2.57. The maximum Gasteiger partial charge on any atom is 0.424 e. The Morgan fingerprint density at radius 2 is 1.84 bits per heavy atom. The number of hydrogen-bond donors (Lipinski definition) is 4. The number of halogens is 4. The number of ether oxygens (including phenoxy) is 3. The number of aliphatic hydroxyl groups excluding tert-OH is 1. The van der Waals surface area contributed by atoms with Crippen molar-refractivity contribution in [3.63, 3.8) is 0 Å². The van der Waals surface area contributed by atoms with Crippen LogP contribution < -0.4 is 25.0 Å². The zero-order valence-electron chi connectivity index (χ0n) is 24.6. The molecule has 1 unspecified atom stereocenters. The van der Waals surface area contributed by atoms with Gasteiger partial charge in [0.15, 0.2) is 16.7 Å². The Hall–Kier alpha value is -4.27. The summed E-state index contributed by atoms with van der Waals surface area (Å²) in [7, 11) is 2.93. The first-order valence-corrected chi connectivity index (χ1v) is 14.0. The minimum atomic E-state index is -5.31. The van der Waals surface area contributed by atoms with Crippen LogP contribution in [0.4, 0.5) is 23.7 Å². The van der Waals surface area contributed by atoms with Crippen LogP contribution in [-0.2, 0) is 22.5 Å². The molecule has 2 atom stereocenters. The fourth-order valence-corrected chi connectivity index (χ4v) is 5.30. The van der Waals surface area contributed by atoms with Crippen molar-refractivity contribution in [2.24, 2.45) is 0 Å². The summed E-state index contributed by atoms with van der Waals surface area (Å²) < 4.78 is 59.3. The highest BCUT2D eigenvalue weighted by atomic mass is 35.5. The fraction of sp³-hybridized carbons (Fsp3) is 0.367. The molecule has 242 valence electrons. The first kappa shape index (κ1) is 33.6. The highest BCUT2D eigenvalue weighted by molar-refractivity contribution is 6.32. The number of hydrogen-bond acceptors (Lipinski definition) is 9. The predicted molar refractivity (Wildman–Crippen MR) is 157 cm³/mol. The standard InChI is InChI=1S/C30H32ClF3N4O7/c1-28(37-27(41)45-15-18-7-5-4-6-8-18)17-38(2)24-20(28)14-23(36-25(24)31)29(42,30(32,33)34)16-35-26(40)19-9-10-21(44-12-11-39)22(13-19)43-3/h4-10,13-14,39,42H,11-12,15-17H2,1-3H3,(H,35,40)(H,37,41)/t28-,29?/m1/s1. The van der Waals surface area contributed by atoms with Crippen molar-refractivity contribution in [2.75, 3.05) is 45.4 Å². The summed E-state index contributed by atoms with van der Waals surface area (Å²) in [5, 5.41) is 24.5. The highest BCUT2D eigenvalue weighted by Crippen LogP contribution is 2.46. The summed E-state index contributed by atoms with van der Waals surface area (Å²) in [6.45, 7) is 0.0128. The van der Waals surface area contributed by atoms with Crippen LogP contribution in [0.15, 0.2) is 54.6 Å². The van der Waals surface area contributed by atoms with E-state index in [2.05, 4.69) is 15.6 Å². The van der Waals surface area contributed by atoms with Crippen molar-refractivity contribution in [1.29, 1.82) is 0 Å². The van der Waals surface area contributed by atoms with Crippen molar-refractivity contribution in [3.8, 4) is 11.5 Å². The number of alkyl carbamates (subject to hydrolysis) is 1. The van der Waals surface area contributed by atoms with Crippen LogP contribution in [0.25, 0.3) is 0 Å². The molecule has 2 aromatic carbocycles. The SMILES string of the molecule is COc1cc(C(=O)NCC(O)(c2cc3c(c(Cl)n2)N(C)C[C@@]3(C)NC(=O)OCc2ccccc2)C(F)(F)F)ccc1OCCO.